The van der Waals surface area contributed by atoms with Crippen molar-refractivity contribution in [3.8, 4) is 0 Å². The van der Waals surface area contributed by atoms with Crippen LogP contribution < -0.4 is 11.1 Å². The smallest absolute Gasteiger partial charge is 0.224 e. The van der Waals surface area contributed by atoms with Gasteiger partial charge in [0, 0.05) is 13.1 Å². The minimum absolute atomic E-state index is 0.261. The van der Waals surface area contributed by atoms with Crippen LogP contribution in [-0.4, -0.2) is 51.2 Å². The fourth-order valence-electron chi connectivity index (χ4n) is 2.73. The number of fused-ring (bicyclic) bond motifs is 1. The molecule has 2 aromatic rings. The van der Waals surface area contributed by atoms with Crippen molar-refractivity contribution in [2.75, 3.05) is 37.2 Å². The van der Waals surface area contributed by atoms with Crippen molar-refractivity contribution in [2.24, 2.45) is 5.92 Å². The van der Waals surface area contributed by atoms with E-state index in [4.69, 9.17) is 5.73 Å². The molecule has 3 rings (SSSR count). The molecule has 20 heavy (non-hydrogen) atoms. The van der Waals surface area contributed by atoms with E-state index in [-0.39, 0.29) is 5.95 Å². The summed E-state index contributed by atoms with van der Waals surface area (Å²) >= 11 is 0. The SMILES string of the molecule is CC(CNc1nc(N)nc2[nH]ncc12)CN1CCCC1. The van der Waals surface area contributed by atoms with E-state index in [0.717, 1.165) is 24.3 Å². The summed E-state index contributed by atoms with van der Waals surface area (Å²) in [6.45, 7) is 6.71. The summed E-state index contributed by atoms with van der Waals surface area (Å²) in [7, 11) is 0. The Bertz CT molecular complexity index is 573. The van der Waals surface area contributed by atoms with Gasteiger partial charge < -0.3 is 16.0 Å². The molecule has 1 fully saturated rings. The molecule has 7 heteroatoms. The first-order valence-corrected chi connectivity index (χ1v) is 7.15. The van der Waals surface area contributed by atoms with E-state index in [1.54, 1.807) is 6.20 Å². The number of hydrogen-bond acceptors (Lipinski definition) is 6. The van der Waals surface area contributed by atoms with E-state index in [2.05, 4.69) is 37.3 Å². The Morgan fingerprint density at radius 2 is 2.20 bits per heavy atom. The zero-order valence-electron chi connectivity index (χ0n) is 11.8. The molecule has 4 N–H and O–H groups in total. The highest BCUT2D eigenvalue weighted by atomic mass is 15.2. The van der Waals surface area contributed by atoms with Gasteiger partial charge in [-0.3, -0.25) is 5.10 Å². The van der Waals surface area contributed by atoms with Gasteiger partial charge >= 0.3 is 0 Å². The van der Waals surface area contributed by atoms with Crippen LogP contribution in [0.5, 0.6) is 0 Å². The summed E-state index contributed by atoms with van der Waals surface area (Å²) in [4.78, 5) is 10.9. The zero-order chi connectivity index (χ0) is 13.9. The molecule has 0 amide bonds. The standard InChI is InChI=1S/C13H21N7/c1-9(8-20-4-2-3-5-20)6-15-11-10-7-16-19-12(10)18-13(14)17-11/h7,9H,2-6,8H2,1H3,(H4,14,15,16,17,18,19). The minimum Gasteiger partial charge on any atom is -0.369 e. The van der Waals surface area contributed by atoms with Crippen molar-refractivity contribution in [3.63, 3.8) is 0 Å². The summed E-state index contributed by atoms with van der Waals surface area (Å²) in [5, 5.41) is 11.1. The third-order valence-corrected chi connectivity index (χ3v) is 3.71. The number of nitrogen functional groups attached to an aromatic ring is 1. The normalized spacial score (nSPS) is 17.6. The fourth-order valence-corrected chi connectivity index (χ4v) is 2.73. The maximum absolute atomic E-state index is 5.70. The summed E-state index contributed by atoms with van der Waals surface area (Å²) in [6, 6.07) is 0. The topological polar surface area (TPSA) is 95.8 Å². The van der Waals surface area contributed by atoms with Gasteiger partial charge in [0.2, 0.25) is 5.95 Å². The van der Waals surface area contributed by atoms with Gasteiger partial charge in [-0.05, 0) is 31.8 Å². The molecule has 1 atom stereocenters. The molecule has 108 valence electrons. The van der Waals surface area contributed by atoms with Crippen LogP contribution in [0.15, 0.2) is 6.20 Å². The van der Waals surface area contributed by atoms with E-state index in [9.17, 15) is 0 Å². The van der Waals surface area contributed by atoms with E-state index in [1.165, 1.54) is 25.9 Å². The number of hydrogen-bond donors (Lipinski definition) is 3. The van der Waals surface area contributed by atoms with Crippen LogP contribution in [0.2, 0.25) is 0 Å². The second-order valence-electron chi connectivity index (χ2n) is 5.56. The first-order chi connectivity index (χ1) is 9.72. The molecule has 7 nitrogen and oxygen atoms in total. The van der Waals surface area contributed by atoms with Crippen molar-refractivity contribution in [1.82, 2.24) is 25.1 Å². The lowest BCUT2D eigenvalue weighted by molar-refractivity contribution is 0.294. The molecule has 0 bridgehead atoms. The number of nitrogens with zero attached hydrogens (tertiary/aromatic N) is 4. The molecule has 1 saturated heterocycles. The van der Waals surface area contributed by atoms with Crippen molar-refractivity contribution in [1.29, 1.82) is 0 Å². The second-order valence-corrected chi connectivity index (χ2v) is 5.56. The van der Waals surface area contributed by atoms with Gasteiger partial charge in [0.15, 0.2) is 5.65 Å². The quantitative estimate of drug-likeness (QED) is 0.755. The Kier molecular flexibility index (Phi) is 3.68. The number of aromatic amines is 1. The molecule has 0 spiro atoms. The predicted octanol–water partition coefficient (Wildman–Crippen LogP) is 1.08. The van der Waals surface area contributed by atoms with Gasteiger partial charge in [0.25, 0.3) is 0 Å². The lowest BCUT2D eigenvalue weighted by atomic mass is 10.1. The molecule has 0 aliphatic carbocycles. The third-order valence-electron chi connectivity index (χ3n) is 3.71. The Morgan fingerprint density at radius 3 is 3.00 bits per heavy atom. The van der Waals surface area contributed by atoms with E-state index in [1.807, 2.05) is 0 Å². The molecule has 0 radical (unpaired) electrons. The second kappa shape index (κ2) is 5.62. The van der Waals surface area contributed by atoms with Crippen LogP contribution in [0.25, 0.3) is 11.0 Å². The highest BCUT2D eigenvalue weighted by molar-refractivity contribution is 5.86. The molecule has 1 aliphatic rings. The first-order valence-electron chi connectivity index (χ1n) is 7.15. The van der Waals surface area contributed by atoms with Crippen LogP contribution in [0.3, 0.4) is 0 Å². The molecule has 1 unspecified atom stereocenters. The van der Waals surface area contributed by atoms with Gasteiger partial charge in [-0.1, -0.05) is 6.92 Å². The summed E-state index contributed by atoms with van der Waals surface area (Å²) < 4.78 is 0. The lowest BCUT2D eigenvalue weighted by Gasteiger charge is -2.20. The highest BCUT2D eigenvalue weighted by Crippen LogP contribution is 2.19. The maximum Gasteiger partial charge on any atom is 0.224 e. The van der Waals surface area contributed by atoms with Crippen molar-refractivity contribution in [2.45, 2.75) is 19.8 Å². The number of nitrogens with one attached hydrogen (secondary N) is 2. The molecule has 0 saturated carbocycles. The maximum atomic E-state index is 5.70. The van der Waals surface area contributed by atoms with E-state index < -0.39 is 0 Å². The average Bonchev–Trinajstić information content (AvgIpc) is 3.06. The molecule has 1 aliphatic heterocycles. The van der Waals surface area contributed by atoms with Crippen molar-refractivity contribution < 1.29 is 0 Å². The predicted molar refractivity (Wildman–Crippen MR) is 79.4 cm³/mol. The lowest BCUT2D eigenvalue weighted by Crippen LogP contribution is -2.29. The Morgan fingerprint density at radius 1 is 1.40 bits per heavy atom. The Balaban J connectivity index is 1.62. The molecule has 3 heterocycles. The molecule has 2 aromatic heterocycles. The number of nitrogens with two attached hydrogens (primary N) is 1. The van der Waals surface area contributed by atoms with Crippen LogP contribution in [0, 0.1) is 5.92 Å². The summed E-state index contributed by atoms with van der Waals surface area (Å²) in [6.07, 6.45) is 4.39. The third kappa shape index (κ3) is 2.82. The largest absolute Gasteiger partial charge is 0.369 e. The zero-order valence-corrected chi connectivity index (χ0v) is 11.8. The minimum atomic E-state index is 0.261. The Labute approximate surface area is 118 Å². The number of likely N-dealkylation sites (tertiary alicyclic amines) is 1. The summed E-state index contributed by atoms with van der Waals surface area (Å²) in [5.41, 5.74) is 6.38. The number of H-pyrrole nitrogens is 1. The first kappa shape index (κ1) is 13.1. The van der Waals surface area contributed by atoms with Gasteiger partial charge in [-0.2, -0.15) is 15.1 Å². The average molecular weight is 275 g/mol. The Hall–Kier alpha value is -1.89. The van der Waals surface area contributed by atoms with Crippen LogP contribution in [0.1, 0.15) is 19.8 Å². The molecule has 0 aromatic carbocycles. The van der Waals surface area contributed by atoms with E-state index in [0.29, 0.717) is 11.6 Å². The van der Waals surface area contributed by atoms with Crippen LogP contribution in [0.4, 0.5) is 11.8 Å². The van der Waals surface area contributed by atoms with Crippen molar-refractivity contribution >= 4 is 22.8 Å². The number of rotatable bonds is 5. The monoisotopic (exact) mass is 275 g/mol. The molecular weight excluding hydrogens is 254 g/mol. The fraction of sp³-hybridized carbons (Fsp3) is 0.615. The van der Waals surface area contributed by atoms with Crippen LogP contribution in [-0.2, 0) is 0 Å². The van der Waals surface area contributed by atoms with Gasteiger partial charge in [-0.25, -0.2) is 0 Å². The van der Waals surface area contributed by atoms with Crippen molar-refractivity contribution in [3.05, 3.63) is 6.20 Å². The molecular formula is C13H21N7. The number of anilines is 2. The van der Waals surface area contributed by atoms with E-state index >= 15 is 0 Å². The van der Waals surface area contributed by atoms with Gasteiger partial charge in [0.1, 0.15) is 5.82 Å². The van der Waals surface area contributed by atoms with Gasteiger partial charge in [0.05, 0.1) is 11.6 Å². The highest BCUT2D eigenvalue weighted by Gasteiger charge is 2.15. The number of aromatic nitrogens is 4. The summed E-state index contributed by atoms with van der Waals surface area (Å²) in [5.74, 6) is 1.58. The van der Waals surface area contributed by atoms with Crippen LogP contribution >= 0.6 is 0 Å². The van der Waals surface area contributed by atoms with Gasteiger partial charge in [-0.15, -0.1) is 0 Å².